The number of likely N-dealkylation sites (N-methyl/N-ethyl adjacent to an activating group) is 1. The van der Waals surface area contributed by atoms with Crippen LogP contribution in [0.25, 0.3) is 0 Å². The van der Waals surface area contributed by atoms with E-state index in [1.165, 1.54) is 5.69 Å². The first kappa shape index (κ1) is 18.1. The smallest absolute Gasteiger partial charge is 0.249 e. The number of nitrogens with zero attached hydrogens (tertiary/aromatic N) is 6. The quantitative estimate of drug-likeness (QED) is 0.679. The zero-order chi connectivity index (χ0) is 19.2. The molecule has 0 atom stereocenters. The third-order valence-corrected chi connectivity index (χ3v) is 4.77. The first-order valence-electron chi connectivity index (χ1n) is 9.39. The molecule has 8 heteroatoms. The van der Waals surface area contributed by atoms with E-state index in [0.29, 0.717) is 18.3 Å². The molecule has 1 aliphatic heterocycles. The van der Waals surface area contributed by atoms with Gasteiger partial charge in [0.1, 0.15) is 0 Å². The highest BCUT2D eigenvalue weighted by molar-refractivity contribution is 5.59. The fraction of sp³-hybridized carbons (Fsp3) is 0.300. The molecule has 0 aliphatic carbocycles. The minimum absolute atomic E-state index is 0.465. The van der Waals surface area contributed by atoms with Crippen molar-refractivity contribution in [2.75, 3.05) is 48.8 Å². The van der Waals surface area contributed by atoms with Gasteiger partial charge in [-0.2, -0.15) is 10.1 Å². The second-order valence-corrected chi connectivity index (χ2v) is 6.84. The SMILES string of the molecule is CN1CCN(c2ccc(Nc3nncc(NCc4ccncc4)n3)cc2)CC1. The van der Waals surface area contributed by atoms with Gasteiger partial charge in [0.25, 0.3) is 0 Å². The van der Waals surface area contributed by atoms with E-state index in [9.17, 15) is 0 Å². The molecule has 1 fully saturated rings. The van der Waals surface area contributed by atoms with Gasteiger partial charge in [0.2, 0.25) is 5.95 Å². The number of benzene rings is 1. The van der Waals surface area contributed by atoms with Gasteiger partial charge in [-0.05, 0) is 49.0 Å². The molecular formula is C20H24N8. The molecule has 1 aromatic carbocycles. The van der Waals surface area contributed by atoms with Crippen molar-refractivity contribution in [1.29, 1.82) is 0 Å². The Morgan fingerprint density at radius 1 is 0.964 bits per heavy atom. The summed E-state index contributed by atoms with van der Waals surface area (Å²) in [5.41, 5.74) is 3.30. The normalized spacial score (nSPS) is 14.7. The summed E-state index contributed by atoms with van der Waals surface area (Å²) in [6.07, 6.45) is 5.16. The van der Waals surface area contributed by atoms with Gasteiger partial charge in [-0.15, -0.1) is 5.10 Å². The van der Waals surface area contributed by atoms with E-state index in [-0.39, 0.29) is 0 Å². The molecule has 0 spiro atoms. The highest BCUT2D eigenvalue weighted by Crippen LogP contribution is 2.21. The molecule has 1 saturated heterocycles. The van der Waals surface area contributed by atoms with Crippen LogP contribution in [0.3, 0.4) is 0 Å². The molecule has 0 saturated carbocycles. The summed E-state index contributed by atoms with van der Waals surface area (Å²) in [5.74, 6) is 1.13. The van der Waals surface area contributed by atoms with Crippen molar-refractivity contribution in [3.8, 4) is 0 Å². The van der Waals surface area contributed by atoms with E-state index in [1.54, 1.807) is 18.6 Å². The molecule has 8 nitrogen and oxygen atoms in total. The summed E-state index contributed by atoms with van der Waals surface area (Å²) in [4.78, 5) is 13.3. The number of aromatic nitrogens is 4. The maximum atomic E-state index is 4.48. The lowest BCUT2D eigenvalue weighted by atomic mass is 10.2. The maximum Gasteiger partial charge on any atom is 0.249 e. The zero-order valence-corrected chi connectivity index (χ0v) is 15.9. The number of rotatable bonds is 6. The van der Waals surface area contributed by atoms with E-state index in [4.69, 9.17) is 0 Å². The van der Waals surface area contributed by atoms with Gasteiger partial charge in [0.05, 0.1) is 6.20 Å². The predicted molar refractivity (Wildman–Crippen MR) is 111 cm³/mol. The van der Waals surface area contributed by atoms with Gasteiger partial charge < -0.3 is 20.4 Å². The Morgan fingerprint density at radius 3 is 2.46 bits per heavy atom. The molecular weight excluding hydrogens is 352 g/mol. The average molecular weight is 376 g/mol. The fourth-order valence-electron chi connectivity index (χ4n) is 3.08. The minimum Gasteiger partial charge on any atom is -0.369 e. The molecule has 3 heterocycles. The molecule has 0 radical (unpaired) electrons. The Kier molecular flexibility index (Phi) is 5.58. The highest BCUT2D eigenvalue weighted by Gasteiger charge is 2.14. The van der Waals surface area contributed by atoms with Crippen LogP contribution in [0.4, 0.5) is 23.1 Å². The number of anilines is 4. The number of nitrogens with one attached hydrogen (secondary N) is 2. The maximum absolute atomic E-state index is 4.48. The van der Waals surface area contributed by atoms with Gasteiger partial charge in [-0.3, -0.25) is 4.98 Å². The van der Waals surface area contributed by atoms with Crippen LogP contribution in [0, 0.1) is 0 Å². The fourth-order valence-corrected chi connectivity index (χ4v) is 3.08. The van der Waals surface area contributed by atoms with Crippen LogP contribution in [0.1, 0.15) is 5.56 Å². The molecule has 0 bridgehead atoms. The third-order valence-electron chi connectivity index (χ3n) is 4.77. The van der Waals surface area contributed by atoms with E-state index in [0.717, 1.165) is 37.4 Å². The predicted octanol–water partition coefficient (Wildman–Crippen LogP) is 2.37. The summed E-state index contributed by atoms with van der Waals surface area (Å²) in [6, 6.07) is 12.3. The van der Waals surface area contributed by atoms with E-state index in [1.807, 2.05) is 24.3 Å². The Balaban J connectivity index is 1.36. The number of hydrogen-bond acceptors (Lipinski definition) is 8. The van der Waals surface area contributed by atoms with Crippen LogP contribution in [0.2, 0.25) is 0 Å². The summed E-state index contributed by atoms with van der Waals surface area (Å²) in [7, 11) is 2.17. The van der Waals surface area contributed by atoms with Crippen molar-refractivity contribution >= 4 is 23.1 Å². The molecule has 3 aromatic rings. The third kappa shape index (κ3) is 4.72. The van der Waals surface area contributed by atoms with E-state index in [2.05, 4.69) is 59.8 Å². The van der Waals surface area contributed by atoms with Gasteiger partial charge in [-0.25, -0.2) is 0 Å². The van der Waals surface area contributed by atoms with Gasteiger partial charge in [0.15, 0.2) is 5.82 Å². The molecule has 28 heavy (non-hydrogen) atoms. The highest BCUT2D eigenvalue weighted by atomic mass is 15.3. The topological polar surface area (TPSA) is 82.1 Å². The van der Waals surface area contributed by atoms with Gasteiger partial charge >= 0.3 is 0 Å². The minimum atomic E-state index is 0.465. The lowest BCUT2D eigenvalue weighted by molar-refractivity contribution is 0.313. The second kappa shape index (κ2) is 8.62. The van der Waals surface area contributed by atoms with E-state index >= 15 is 0 Å². The molecule has 4 rings (SSSR count). The Labute approximate surface area is 164 Å². The largest absolute Gasteiger partial charge is 0.369 e. The summed E-state index contributed by atoms with van der Waals surface area (Å²) in [6.45, 7) is 4.96. The van der Waals surface area contributed by atoms with E-state index < -0.39 is 0 Å². The zero-order valence-electron chi connectivity index (χ0n) is 15.9. The molecule has 0 unspecified atom stereocenters. The molecule has 1 aliphatic rings. The van der Waals surface area contributed by atoms with Crippen LogP contribution in [0.5, 0.6) is 0 Å². The van der Waals surface area contributed by atoms with Crippen LogP contribution in [-0.4, -0.2) is 58.3 Å². The van der Waals surface area contributed by atoms with Crippen LogP contribution < -0.4 is 15.5 Å². The lowest BCUT2D eigenvalue weighted by Gasteiger charge is -2.34. The number of pyridine rings is 1. The van der Waals surface area contributed by atoms with Crippen molar-refractivity contribution < 1.29 is 0 Å². The second-order valence-electron chi connectivity index (χ2n) is 6.84. The summed E-state index contributed by atoms with van der Waals surface area (Å²) >= 11 is 0. The van der Waals surface area contributed by atoms with Crippen LogP contribution in [0.15, 0.2) is 55.0 Å². The van der Waals surface area contributed by atoms with Gasteiger partial charge in [0, 0.05) is 56.5 Å². The van der Waals surface area contributed by atoms with Crippen molar-refractivity contribution in [1.82, 2.24) is 25.1 Å². The standard InChI is InChI=1S/C20H24N8/c1-27-10-12-28(13-11-27)18-4-2-17(3-5-18)24-20-25-19(15-23-26-20)22-14-16-6-8-21-9-7-16/h2-9,15H,10-14H2,1H3,(H2,22,24,25,26). The van der Waals surface area contributed by atoms with Crippen molar-refractivity contribution in [3.63, 3.8) is 0 Å². The Bertz CT molecular complexity index is 876. The molecule has 2 N–H and O–H groups in total. The summed E-state index contributed by atoms with van der Waals surface area (Å²) in [5, 5.41) is 14.6. The number of hydrogen-bond donors (Lipinski definition) is 2. The monoisotopic (exact) mass is 376 g/mol. The van der Waals surface area contributed by atoms with Crippen molar-refractivity contribution in [3.05, 3.63) is 60.6 Å². The first-order valence-corrected chi connectivity index (χ1v) is 9.39. The first-order chi connectivity index (χ1) is 13.8. The Hall–Kier alpha value is -3.26. The van der Waals surface area contributed by atoms with Gasteiger partial charge in [-0.1, -0.05) is 0 Å². The van der Waals surface area contributed by atoms with Crippen molar-refractivity contribution in [2.24, 2.45) is 0 Å². The number of piperazine rings is 1. The molecule has 144 valence electrons. The average Bonchev–Trinajstić information content (AvgIpc) is 2.75. The Morgan fingerprint density at radius 2 is 1.71 bits per heavy atom. The van der Waals surface area contributed by atoms with Crippen LogP contribution >= 0.6 is 0 Å². The van der Waals surface area contributed by atoms with Crippen molar-refractivity contribution in [2.45, 2.75) is 6.54 Å². The van der Waals surface area contributed by atoms with Crippen LogP contribution in [-0.2, 0) is 6.54 Å². The molecule has 2 aromatic heterocycles. The molecule has 0 amide bonds. The summed E-state index contributed by atoms with van der Waals surface area (Å²) < 4.78 is 0. The lowest BCUT2D eigenvalue weighted by Crippen LogP contribution is -2.44.